The minimum absolute atomic E-state index is 0.214. The van der Waals surface area contributed by atoms with Gasteiger partial charge in [-0.05, 0) is 6.92 Å². The number of carbonyl (C=O) groups is 1. The maximum Gasteiger partial charge on any atom is 0.282 e. The largest absolute Gasteiger partial charge is 0.383 e. The van der Waals surface area contributed by atoms with Crippen LogP contribution in [0.25, 0.3) is 0 Å². The van der Waals surface area contributed by atoms with Crippen molar-refractivity contribution in [3.05, 3.63) is 5.01 Å². The number of hydrogen-bond acceptors (Lipinski definition) is 6. The van der Waals surface area contributed by atoms with Crippen molar-refractivity contribution in [3.8, 4) is 0 Å². The van der Waals surface area contributed by atoms with Crippen molar-refractivity contribution in [1.29, 1.82) is 0 Å². The van der Waals surface area contributed by atoms with Crippen molar-refractivity contribution in [2.45, 2.75) is 6.92 Å². The van der Waals surface area contributed by atoms with Gasteiger partial charge >= 0.3 is 0 Å². The Bertz CT molecular complexity index is 315. The van der Waals surface area contributed by atoms with E-state index < -0.39 is 0 Å². The highest BCUT2D eigenvalue weighted by Gasteiger charge is 2.11. The number of anilines is 1. The highest BCUT2D eigenvalue weighted by atomic mass is 32.1. The minimum Gasteiger partial charge on any atom is -0.383 e. The second-order valence-electron chi connectivity index (χ2n) is 2.69. The van der Waals surface area contributed by atoms with Crippen LogP contribution in [0.4, 0.5) is 5.13 Å². The van der Waals surface area contributed by atoms with Gasteiger partial charge < -0.3 is 15.4 Å². The number of hydrogen-bond donors (Lipinski definition) is 2. The Labute approximate surface area is 92.0 Å². The van der Waals surface area contributed by atoms with Crippen LogP contribution >= 0.6 is 11.3 Å². The van der Waals surface area contributed by atoms with Crippen molar-refractivity contribution in [1.82, 2.24) is 15.5 Å². The van der Waals surface area contributed by atoms with Gasteiger partial charge in [0.25, 0.3) is 5.91 Å². The van der Waals surface area contributed by atoms with E-state index in [1.54, 1.807) is 7.11 Å². The van der Waals surface area contributed by atoms with Crippen molar-refractivity contribution in [3.63, 3.8) is 0 Å². The molecule has 0 bridgehead atoms. The number of methoxy groups -OCH3 is 1. The molecule has 0 aromatic carbocycles. The van der Waals surface area contributed by atoms with Gasteiger partial charge in [0.2, 0.25) is 10.1 Å². The molecule has 7 heteroatoms. The van der Waals surface area contributed by atoms with Gasteiger partial charge in [-0.1, -0.05) is 11.3 Å². The number of nitrogens with one attached hydrogen (secondary N) is 2. The van der Waals surface area contributed by atoms with Crippen LogP contribution in [0.3, 0.4) is 0 Å². The van der Waals surface area contributed by atoms with Gasteiger partial charge in [0.05, 0.1) is 6.61 Å². The van der Waals surface area contributed by atoms with Gasteiger partial charge in [-0.3, -0.25) is 4.79 Å². The molecular formula is C8H14N4O2S. The number of nitrogens with zero attached hydrogens (tertiary/aromatic N) is 2. The fourth-order valence-corrected chi connectivity index (χ4v) is 1.61. The van der Waals surface area contributed by atoms with Crippen LogP contribution in [0.5, 0.6) is 0 Å². The molecule has 0 unspecified atom stereocenters. The molecule has 6 nitrogen and oxygen atoms in total. The maximum atomic E-state index is 11.5. The Morgan fingerprint density at radius 3 is 3.00 bits per heavy atom. The van der Waals surface area contributed by atoms with Crippen molar-refractivity contribution in [2.75, 3.05) is 32.1 Å². The van der Waals surface area contributed by atoms with Crippen LogP contribution in [0.2, 0.25) is 0 Å². The first kappa shape index (κ1) is 11.9. The summed E-state index contributed by atoms with van der Waals surface area (Å²) in [7, 11) is 1.58. The van der Waals surface area contributed by atoms with Gasteiger partial charge in [0, 0.05) is 20.2 Å². The van der Waals surface area contributed by atoms with E-state index in [1.165, 1.54) is 11.3 Å². The van der Waals surface area contributed by atoms with E-state index in [4.69, 9.17) is 4.74 Å². The molecule has 0 aliphatic rings. The van der Waals surface area contributed by atoms with Gasteiger partial charge in [-0.2, -0.15) is 0 Å². The molecule has 84 valence electrons. The number of rotatable bonds is 6. The van der Waals surface area contributed by atoms with Crippen molar-refractivity contribution < 1.29 is 9.53 Å². The normalized spacial score (nSPS) is 10.0. The van der Waals surface area contributed by atoms with Gasteiger partial charge in [0.15, 0.2) is 0 Å². The lowest BCUT2D eigenvalue weighted by Crippen LogP contribution is -2.26. The molecule has 0 saturated carbocycles. The lowest BCUT2D eigenvalue weighted by atomic mass is 10.6. The zero-order chi connectivity index (χ0) is 11.1. The molecule has 0 radical (unpaired) electrons. The van der Waals surface area contributed by atoms with Gasteiger partial charge in [-0.15, -0.1) is 10.2 Å². The fourth-order valence-electron chi connectivity index (χ4n) is 0.880. The Balaban J connectivity index is 2.43. The Morgan fingerprint density at radius 1 is 1.53 bits per heavy atom. The first-order valence-electron chi connectivity index (χ1n) is 4.62. The Hall–Kier alpha value is -1.21. The van der Waals surface area contributed by atoms with Crippen molar-refractivity contribution in [2.24, 2.45) is 0 Å². The maximum absolute atomic E-state index is 11.5. The van der Waals surface area contributed by atoms with Crippen molar-refractivity contribution >= 4 is 22.4 Å². The zero-order valence-electron chi connectivity index (χ0n) is 8.74. The standard InChI is InChI=1S/C8H14N4O2S/c1-3-9-8-12-11-7(15-8)6(13)10-4-5-14-2/h3-5H2,1-2H3,(H,9,12)(H,10,13). The van der Waals surface area contributed by atoms with Crippen LogP contribution in [-0.2, 0) is 4.74 Å². The average Bonchev–Trinajstić information content (AvgIpc) is 2.67. The predicted molar refractivity (Wildman–Crippen MR) is 58.3 cm³/mol. The van der Waals surface area contributed by atoms with E-state index in [9.17, 15) is 4.79 Å². The molecule has 0 aliphatic heterocycles. The van der Waals surface area contributed by atoms with E-state index in [2.05, 4.69) is 20.8 Å². The van der Waals surface area contributed by atoms with E-state index in [0.717, 1.165) is 6.54 Å². The Kier molecular flexibility index (Phi) is 4.99. The summed E-state index contributed by atoms with van der Waals surface area (Å²) in [6.07, 6.45) is 0. The molecule has 15 heavy (non-hydrogen) atoms. The quantitative estimate of drug-likeness (QED) is 0.689. The summed E-state index contributed by atoms with van der Waals surface area (Å²) in [6, 6.07) is 0. The second kappa shape index (κ2) is 6.31. The number of amides is 1. The fraction of sp³-hybridized carbons (Fsp3) is 0.625. The summed E-state index contributed by atoms with van der Waals surface area (Å²) in [5, 5.41) is 14.3. The van der Waals surface area contributed by atoms with Crippen LogP contribution in [0, 0.1) is 0 Å². The topological polar surface area (TPSA) is 76.1 Å². The first-order valence-corrected chi connectivity index (χ1v) is 5.44. The molecule has 0 spiro atoms. The zero-order valence-corrected chi connectivity index (χ0v) is 9.56. The van der Waals surface area contributed by atoms with Crippen LogP contribution in [-0.4, -0.2) is 42.9 Å². The first-order chi connectivity index (χ1) is 7.27. The molecule has 0 aliphatic carbocycles. The van der Waals surface area contributed by atoms with Crippen LogP contribution < -0.4 is 10.6 Å². The summed E-state index contributed by atoms with van der Waals surface area (Å²) in [4.78, 5) is 11.5. The smallest absolute Gasteiger partial charge is 0.282 e. The van der Waals surface area contributed by atoms with E-state index >= 15 is 0 Å². The lowest BCUT2D eigenvalue weighted by molar-refractivity contribution is 0.0936. The third-order valence-electron chi connectivity index (χ3n) is 1.54. The molecule has 2 N–H and O–H groups in total. The molecule has 1 aromatic heterocycles. The number of aromatic nitrogens is 2. The molecule has 1 heterocycles. The summed E-state index contributed by atoms with van der Waals surface area (Å²) < 4.78 is 4.81. The highest BCUT2D eigenvalue weighted by molar-refractivity contribution is 7.17. The monoisotopic (exact) mass is 230 g/mol. The van der Waals surface area contributed by atoms with Crippen LogP contribution in [0.1, 0.15) is 16.7 Å². The summed E-state index contributed by atoms with van der Waals surface area (Å²) >= 11 is 1.24. The van der Waals surface area contributed by atoms with E-state index in [-0.39, 0.29) is 5.91 Å². The average molecular weight is 230 g/mol. The molecular weight excluding hydrogens is 216 g/mol. The van der Waals surface area contributed by atoms with Gasteiger partial charge in [-0.25, -0.2) is 0 Å². The number of carbonyl (C=O) groups excluding carboxylic acids is 1. The lowest BCUT2D eigenvalue weighted by Gasteiger charge is -1.99. The highest BCUT2D eigenvalue weighted by Crippen LogP contribution is 2.14. The molecule has 1 rings (SSSR count). The number of ether oxygens (including phenoxy) is 1. The SMILES string of the molecule is CCNc1nnc(C(=O)NCCOC)s1. The summed E-state index contributed by atoms with van der Waals surface area (Å²) in [5.41, 5.74) is 0. The summed E-state index contributed by atoms with van der Waals surface area (Å²) in [6.45, 7) is 3.69. The van der Waals surface area contributed by atoms with Crippen LogP contribution in [0.15, 0.2) is 0 Å². The second-order valence-corrected chi connectivity index (χ2v) is 3.67. The summed E-state index contributed by atoms with van der Waals surface area (Å²) in [5.74, 6) is -0.214. The Morgan fingerprint density at radius 2 is 2.33 bits per heavy atom. The minimum atomic E-state index is -0.214. The molecule has 1 amide bonds. The molecule has 1 aromatic rings. The van der Waals surface area contributed by atoms with Gasteiger partial charge in [0.1, 0.15) is 0 Å². The molecule has 0 saturated heterocycles. The molecule has 0 fully saturated rings. The predicted octanol–water partition coefficient (Wildman–Crippen LogP) is 0.346. The van der Waals surface area contributed by atoms with E-state index in [1.807, 2.05) is 6.92 Å². The molecule has 0 atom stereocenters. The van der Waals surface area contributed by atoms with E-state index in [0.29, 0.717) is 23.3 Å². The third kappa shape index (κ3) is 3.80. The third-order valence-corrected chi connectivity index (χ3v) is 2.42.